The van der Waals surface area contributed by atoms with E-state index in [4.69, 9.17) is 14.2 Å². The van der Waals surface area contributed by atoms with Gasteiger partial charge in [0.15, 0.2) is 6.61 Å². The molecule has 0 unspecified atom stereocenters. The molecule has 0 radical (unpaired) electrons. The Labute approximate surface area is 226 Å². The molecule has 39 heavy (non-hydrogen) atoms. The molecule has 10 nitrogen and oxygen atoms in total. The summed E-state index contributed by atoms with van der Waals surface area (Å²) in [4.78, 5) is 32.4. The SMILES string of the molecule is COc1cc2ccc1CNC(=O)COc1cc(ccc1C)C(=O)N[C@H]1CN(c3cccc(C#N)n3)CC[C@H]1O2. The molecule has 0 spiro atoms. The highest BCUT2D eigenvalue weighted by Gasteiger charge is 2.33. The van der Waals surface area contributed by atoms with E-state index >= 15 is 0 Å². The zero-order valence-electron chi connectivity index (χ0n) is 21.8. The Balaban J connectivity index is 1.48. The van der Waals surface area contributed by atoms with Crippen LogP contribution < -0.4 is 29.7 Å². The van der Waals surface area contributed by atoms with Crippen molar-refractivity contribution in [3.8, 4) is 23.3 Å². The lowest BCUT2D eigenvalue weighted by atomic mass is 10.0. The number of nitriles is 1. The number of hydrogen-bond acceptors (Lipinski definition) is 8. The zero-order valence-corrected chi connectivity index (χ0v) is 21.8. The number of piperidine rings is 1. The van der Waals surface area contributed by atoms with Gasteiger partial charge in [0, 0.05) is 43.2 Å². The number of fused-ring (bicyclic) bond motifs is 7. The molecule has 3 aliphatic rings. The Hall–Kier alpha value is -4.78. The Morgan fingerprint density at radius 2 is 2.03 bits per heavy atom. The molecule has 1 saturated heterocycles. The molecule has 0 saturated carbocycles. The summed E-state index contributed by atoms with van der Waals surface area (Å²) in [6, 6.07) is 17.6. The number of aromatic nitrogens is 1. The van der Waals surface area contributed by atoms with E-state index in [1.54, 1.807) is 43.5 Å². The second-order valence-electron chi connectivity index (χ2n) is 9.48. The number of benzene rings is 2. The summed E-state index contributed by atoms with van der Waals surface area (Å²) in [5.74, 6) is 1.71. The van der Waals surface area contributed by atoms with Gasteiger partial charge in [0.05, 0.1) is 13.2 Å². The average molecular weight is 528 g/mol. The van der Waals surface area contributed by atoms with Gasteiger partial charge in [-0.25, -0.2) is 4.98 Å². The molecule has 4 heterocycles. The summed E-state index contributed by atoms with van der Waals surface area (Å²) in [7, 11) is 1.56. The third-order valence-electron chi connectivity index (χ3n) is 6.87. The van der Waals surface area contributed by atoms with Crippen molar-refractivity contribution in [2.45, 2.75) is 32.0 Å². The highest BCUT2D eigenvalue weighted by atomic mass is 16.5. The maximum atomic E-state index is 13.4. The van der Waals surface area contributed by atoms with E-state index in [-0.39, 0.29) is 31.1 Å². The van der Waals surface area contributed by atoms with Crippen LogP contribution in [0.2, 0.25) is 0 Å². The standard InChI is InChI=1S/C29H29N5O5/c1-18-6-7-19-12-25(18)38-17-28(35)31-15-20-8-9-22(13-26(20)37-2)39-24-10-11-34(16-23(24)33-29(19)36)27-5-3-4-21(14-30)32-27/h3-9,12-13,23-24H,10-11,15-17H2,1-2H3,(H,31,35)(H,33,36)/t23-,24+/m0/s1. The first-order chi connectivity index (χ1) is 18.9. The molecule has 3 aliphatic heterocycles. The van der Waals surface area contributed by atoms with E-state index in [9.17, 15) is 14.9 Å². The van der Waals surface area contributed by atoms with Crippen molar-refractivity contribution in [2.75, 3.05) is 31.7 Å². The molecule has 2 N–H and O–H groups in total. The van der Waals surface area contributed by atoms with Crippen molar-refractivity contribution < 1.29 is 23.8 Å². The molecule has 2 atom stereocenters. The molecule has 0 aliphatic carbocycles. The van der Waals surface area contributed by atoms with Gasteiger partial charge in [0.1, 0.15) is 40.9 Å². The summed E-state index contributed by atoms with van der Waals surface area (Å²) in [6.07, 6.45) is 0.266. The molecule has 200 valence electrons. The maximum absolute atomic E-state index is 13.4. The molecule has 3 aromatic rings. The van der Waals surface area contributed by atoms with Crippen LogP contribution in [0.25, 0.3) is 0 Å². The van der Waals surface area contributed by atoms with Crippen molar-refractivity contribution in [1.29, 1.82) is 5.26 Å². The molecule has 4 bridgehead atoms. The largest absolute Gasteiger partial charge is 0.496 e. The van der Waals surface area contributed by atoms with E-state index in [1.165, 1.54) is 0 Å². The van der Waals surface area contributed by atoms with Crippen LogP contribution in [0.1, 0.15) is 33.6 Å². The molecule has 10 heteroatoms. The number of carbonyl (C=O) groups excluding carboxylic acids is 2. The number of nitrogens with zero attached hydrogens (tertiary/aromatic N) is 3. The molecule has 1 aromatic heterocycles. The van der Waals surface area contributed by atoms with Crippen LogP contribution in [0.15, 0.2) is 54.6 Å². The van der Waals surface area contributed by atoms with Crippen molar-refractivity contribution in [3.05, 3.63) is 77.0 Å². The molecule has 1 fully saturated rings. The number of nitrogens with one attached hydrogen (secondary N) is 2. The quantitative estimate of drug-likeness (QED) is 0.521. The minimum atomic E-state index is -0.394. The summed E-state index contributed by atoms with van der Waals surface area (Å²) in [6.45, 7) is 2.99. The van der Waals surface area contributed by atoms with Gasteiger partial charge in [0.25, 0.3) is 11.8 Å². The fourth-order valence-electron chi connectivity index (χ4n) is 4.74. The summed E-state index contributed by atoms with van der Waals surface area (Å²) < 4.78 is 17.7. The zero-order chi connectivity index (χ0) is 27.4. The lowest BCUT2D eigenvalue weighted by molar-refractivity contribution is -0.123. The third kappa shape index (κ3) is 5.88. The van der Waals surface area contributed by atoms with Gasteiger partial charge in [0.2, 0.25) is 0 Å². The summed E-state index contributed by atoms with van der Waals surface area (Å²) in [5, 5.41) is 15.3. The minimum absolute atomic E-state index is 0.191. The van der Waals surface area contributed by atoms with Crippen molar-refractivity contribution in [1.82, 2.24) is 15.6 Å². The maximum Gasteiger partial charge on any atom is 0.258 e. The van der Waals surface area contributed by atoms with Gasteiger partial charge in [-0.3, -0.25) is 9.59 Å². The van der Waals surface area contributed by atoms with Gasteiger partial charge in [-0.1, -0.05) is 12.1 Å². The van der Waals surface area contributed by atoms with Crippen molar-refractivity contribution in [2.24, 2.45) is 0 Å². The van der Waals surface area contributed by atoms with Crippen LogP contribution in [0.4, 0.5) is 5.82 Å². The highest BCUT2D eigenvalue weighted by Crippen LogP contribution is 2.29. The van der Waals surface area contributed by atoms with Crippen molar-refractivity contribution >= 4 is 17.6 Å². The van der Waals surface area contributed by atoms with E-state index < -0.39 is 6.04 Å². The van der Waals surface area contributed by atoms with Gasteiger partial charge in [-0.2, -0.15) is 5.26 Å². The Bertz CT molecular complexity index is 1440. The van der Waals surface area contributed by atoms with E-state index in [1.807, 2.05) is 30.0 Å². The fourth-order valence-corrected chi connectivity index (χ4v) is 4.74. The number of hydrogen-bond donors (Lipinski definition) is 2. The Morgan fingerprint density at radius 3 is 2.85 bits per heavy atom. The van der Waals surface area contributed by atoms with Crippen LogP contribution >= 0.6 is 0 Å². The number of rotatable bonds is 2. The number of amides is 2. The normalized spacial score (nSPS) is 19.4. The van der Waals surface area contributed by atoms with E-state index in [2.05, 4.69) is 21.7 Å². The van der Waals surface area contributed by atoms with Crippen LogP contribution in [0.3, 0.4) is 0 Å². The lowest BCUT2D eigenvalue weighted by Crippen LogP contribution is -2.57. The van der Waals surface area contributed by atoms with Gasteiger partial charge >= 0.3 is 0 Å². The van der Waals surface area contributed by atoms with Crippen LogP contribution in [0.5, 0.6) is 17.2 Å². The summed E-state index contributed by atoms with van der Waals surface area (Å²) >= 11 is 0. The van der Waals surface area contributed by atoms with Crippen molar-refractivity contribution in [3.63, 3.8) is 0 Å². The molecule has 2 amide bonds. The average Bonchev–Trinajstić information content (AvgIpc) is 2.96. The summed E-state index contributed by atoms with van der Waals surface area (Å²) in [5.41, 5.74) is 2.34. The number of carbonyl (C=O) groups is 2. The lowest BCUT2D eigenvalue weighted by Gasteiger charge is -2.39. The number of anilines is 1. The Morgan fingerprint density at radius 1 is 1.15 bits per heavy atom. The smallest absolute Gasteiger partial charge is 0.258 e. The van der Waals surface area contributed by atoms with E-state index in [0.717, 1.165) is 11.1 Å². The number of methoxy groups -OCH3 is 1. The number of pyridine rings is 1. The predicted octanol–water partition coefficient (Wildman–Crippen LogP) is 2.74. The first kappa shape index (κ1) is 25.9. The van der Waals surface area contributed by atoms with Crippen LogP contribution in [-0.4, -0.2) is 55.8 Å². The van der Waals surface area contributed by atoms with Crippen LogP contribution in [-0.2, 0) is 11.3 Å². The number of ether oxygens (including phenoxy) is 3. The van der Waals surface area contributed by atoms with Crippen LogP contribution in [0, 0.1) is 18.3 Å². The molecule has 2 aromatic carbocycles. The molecule has 6 rings (SSSR count). The van der Waals surface area contributed by atoms with Gasteiger partial charge < -0.3 is 29.7 Å². The molecular weight excluding hydrogens is 498 g/mol. The van der Waals surface area contributed by atoms with E-state index in [0.29, 0.717) is 53.8 Å². The predicted molar refractivity (Wildman–Crippen MR) is 143 cm³/mol. The van der Waals surface area contributed by atoms with Gasteiger partial charge in [-0.05, 0) is 48.9 Å². The monoisotopic (exact) mass is 527 g/mol. The topological polar surface area (TPSA) is 126 Å². The number of aryl methyl sites for hydroxylation is 1. The first-order valence-electron chi connectivity index (χ1n) is 12.7. The third-order valence-corrected chi connectivity index (χ3v) is 6.87. The first-order valence-corrected chi connectivity index (χ1v) is 12.7. The highest BCUT2D eigenvalue weighted by molar-refractivity contribution is 5.95. The molecular formula is C29H29N5O5. The van der Waals surface area contributed by atoms with Gasteiger partial charge in [-0.15, -0.1) is 0 Å². The second-order valence-corrected chi connectivity index (χ2v) is 9.48. The second kappa shape index (κ2) is 11.3. The Kier molecular flexibility index (Phi) is 7.50. The minimum Gasteiger partial charge on any atom is -0.496 e. The fraction of sp³-hybridized carbons (Fsp3) is 0.310.